The molecule has 1 heterocycles. The number of hydrogen-bond acceptors (Lipinski definition) is 10. The van der Waals surface area contributed by atoms with Crippen LogP contribution < -0.4 is 5.32 Å². The molecule has 0 aromatic heterocycles. The Morgan fingerprint density at radius 3 is 1.46 bits per heavy atom. The number of rotatable bonds is 51. The van der Waals surface area contributed by atoms with Crippen LogP contribution in [0.1, 0.15) is 252 Å². The van der Waals surface area contributed by atoms with Gasteiger partial charge in [0.25, 0.3) is 0 Å². The van der Waals surface area contributed by atoms with E-state index in [-0.39, 0.29) is 19.4 Å². The number of amides is 1. The molecule has 76 heavy (non-hydrogen) atoms. The number of carbonyl (C=O) groups excluding carboxylic acids is 2. The summed E-state index contributed by atoms with van der Waals surface area (Å²) < 4.78 is 17.6. The zero-order chi connectivity index (χ0) is 55.4. The van der Waals surface area contributed by atoms with E-state index < -0.39 is 67.4 Å². The molecule has 8 unspecified atom stereocenters. The van der Waals surface area contributed by atoms with Crippen molar-refractivity contribution in [3.05, 3.63) is 85.1 Å². The number of nitrogens with one attached hydrogen (secondary N) is 1. The summed E-state index contributed by atoms with van der Waals surface area (Å²) in [5, 5.41) is 56.9. The van der Waals surface area contributed by atoms with E-state index in [0.717, 1.165) is 109 Å². The number of aliphatic hydroxyl groups excluding tert-OH is 5. The fourth-order valence-corrected chi connectivity index (χ4v) is 9.09. The second kappa shape index (κ2) is 52.5. The highest BCUT2D eigenvalue weighted by molar-refractivity contribution is 5.80. The van der Waals surface area contributed by atoms with Crippen molar-refractivity contribution in [2.45, 2.75) is 301 Å². The van der Waals surface area contributed by atoms with Crippen LogP contribution in [-0.4, -0.2) is 99.6 Å². The Kier molecular flexibility index (Phi) is 49.0. The van der Waals surface area contributed by atoms with Crippen molar-refractivity contribution < 1.29 is 49.3 Å². The van der Waals surface area contributed by atoms with Gasteiger partial charge in [0.15, 0.2) is 12.4 Å². The van der Waals surface area contributed by atoms with Crippen LogP contribution in [0, 0.1) is 0 Å². The maximum atomic E-state index is 13.4. The van der Waals surface area contributed by atoms with Crippen LogP contribution in [0.15, 0.2) is 85.1 Å². The largest absolute Gasteiger partial charge is 0.454 e. The van der Waals surface area contributed by atoms with Gasteiger partial charge in [-0.25, -0.2) is 0 Å². The van der Waals surface area contributed by atoms with Crippen molar-refractivity contribution in [1.29, 1.82) is 0 Å². The minimum Gasteiger partial charge on any atom is -0.454 e. The molecule has 1 amide bonds. The Hall–Kier alpha value is -3.16. The monoisotopic (exact) mass is 1070 g/mol. The summed E-state index contributed by atoms with van der Waals surface area (Å²) in [4.78, 5) is 26.5. The van der Waals surface area contributed by atoms with Crippen LogP contribution in [-0.2, 0) is 23.8 Å². The van der Waals surface area contributed by atoms with Gasteiger partial charge in [0, 0.05) is 6.42 Å². The van der Waals surface area contributed by atoms with Gasteiger partial charge in [0.05, 0.1) is 25.4 Å². The Morgan fingerprint density at radius 2 is 0.947 bits per heavy atom. The van der Waals surface area contributed by atoms with Gasteiger partial charge in [-0.3, -0.25) is 9.59 Å². The van der Waals surface area contributed by atoms with Crippen LogP contribution in [0.2, 0.25) is 0 Å². The lowest BCUT2D eigenvalue weighted by atomic mass is 9.99. The fraction of sp³-hybridized carbons (Fsp3) is 0.754. The van der Waals surface area contributed by atoms with Crippen LogP contribution >= 0.6 is 0 Å². The molecule has 0 aliphatic carbocycles. The van der Waals surface area contributed by atoms with Crippen molar-refractivity contribution in [2.75, 3.05) is 13.2 Å². The number of ether oxygens (including phenoxy) is 3. The molecular weight excluding hydrogens is 955 g/mol. The first-order valence-corrected chi connectivity index (χ1v) is 30.9. The zero-order valence-electron chi connectivity index (χ0n) is 48.3. The third kappa shape index (κ3) is 40.1. The van der Waals surface area contributed by atoms with Gasteiger partial charge in [0.1, 0.15) is 24.4 Å². The van der Waals surface area contributed by atoms with Gasteiger partial charge in [-0.1, -0.05) is 234 Å². The molecule has 438 valence electrons. The van der Waals surface area contributed by atoms with Gasteiger partial charge >= 0.3 is 5.97 Å². The van der Waals surface area contributed by atoms with E-state index in [4.69, 9.17) is 14.2 Å². The zero-order valence-corrected chi connectivity index (χ0v) is 48.3. The summed E-state index contributed by atoms with van der Waals surface area (Å²) in [5.74, 6) is -1.23. The number of allylic oxidation sites excluding steroid dienone is 13. The summed E-state index contributed by atoms with van der Waals surface area (Å²) in [6, 6.07) is -1.04. The smallest absolute Gasteiger partial charge is 0.306 e. The molecule has 1 aliphatic heterocycles. The molecule has 1 rings (SSSR count). The highest BCUT2D eigenvalue weighted by atomic mass is 16.7. The topological polar surface area (TPSA) is 175 Å². The van der Waals surface area contributed by atoms with E-state index >= 15 is 0 Å². The fourth-order valence-electron chi connectivity index (χ4n) is 9.09. The molecule has 6 N–H and O–H groups in total. The number of esters is 1. The average Bonchev–Trinajstić information content (AvgIpc) is 3.42. The van der Waals surface area contributed by atoms with Gasteiger partial charge in [-0.05, 0) is 96.3 Å². The van der Waals surface area contributed by atoms with E-state index in [1.165, 1.54) is 96.3 Å². The van der Waals surface area contributed by atoms with Gasteiger partial charge in [-0.2, -0.15) is 0 Å². The van der Waals surface area contributed by atoms with Crippen molar-refractivity contribution in [2.24, 2.45) is 0 Å². The highest BCUT2D eigenvalue weighted by Gasteiger charge is 2.47. The second-order valence-corrected chi connectivity index (χ2v) is 21.1. The molecule has 0 aromatic carbocycles. The highest BCUT2D eigenvalue weighted by Crippen LogP contribution is 2.26. The third-order valence-electron chi connectivity index (χ3n) is 14.0. The first kappa shape index (κ1) is 70.9. The summed E-state index contributed by atoms with van der Waals surface area (Å²) in [5.41, 5.74) is 0. The molecule has 1 saturated heterocycles. The molecule has 0 saturated carbocycles. The molecule has 0 bridgehead atoms. The Balaban J connectivity index is 2.72. The summed E-state index contributed by atoms with van der Waals surface area (Å²) >= 11 is 0. The molecule has 0 radical (unpaired) electrons. The quantitative estimate of drug-likeness (QED) is 0.0149. The predicted octanol–water partition coefficient (Wildman–Crippen LogP) is 14.6. The summed E-state index contributed by atoms with van der Waals surface area (Å²) in [6.45, 7) is 5.70. The Morgan fingerprint density at radius 1 is 0.526 bits per heavy atom. The van der Waals surface area contributed by atoms with Crippen LogP contribution in [0.5, 0.6) is 0 Å². The van der Waals surface area contributed by atoms with Crippen molar-refractivity contribution in [3.8, 4) is 0 Å². The Bertz CT molecular complexity index is 1560. The number of aliphatic hydroxyl groups is 5. The van der Waals surface area contributed by atoms with E-state index in [0.29, 0.717) is 12.8 Å². The molecule has 8 atom stereocenters. The molecule has 11 nitrogen and oxygen atoms in total. The Labute approximate surface area is 463 Å². The third-order valence-corrected chi connectivity index (χ3v) is 14.0. The second-order valence-electron chi connectivity index (χ2n) is 21.1. The van der Waals surface area contributed by atoms with E-state index in [2.05, 4.69) is 99.0 Å². The van der Waals surface area contributed by atoms with Gasteiger partial charge in [0.2, 0.25) is 5.91 Å². The first-order valence-electron chi connectivity index (χ1n) is 30.9. The normalized spacial score (nSPS) is 19.7. The standard InChI is InChI=1S/C65H113NO10/c1-4-7-10-13-16-19-22-25-27-28-29-30-31-33-34-37-40-43-46-49-52-58(69)64(73)66-56(57(68)51-48-45-42-39-36-24-21-18-15-12-9-6-3)55-74-65-63(62(72)61(71)59(54-67)75-65)76-60(70)53-50-47-44-41-38-35-32-26-23-20-17-14-11-8-5-2/h16-17,19-20,23,25-27,29-30,33-34,48,51,56-59,61-63,65,67-69,71-72H,4-15,18,21-22,24,28,31-32,35-47,49-50,52-55H2,1-3H3,(H,66,73)/b19-16-,20-17+,26-23+,27-25-,30-29-,34-33-,51-48+. The number of hydrogen-bond donors (Lipinski definition) is 6. The minimum atomic E-state index is -1.63. The summed E-state index contributed by atoms with van der Waals surface area (Å²) in [6.07, 6.45) is 57.5. The lowest BCUT2D eigenvalue weighted by Gasteiger charge is -2.41. The molecule has 11 heteroatoms. The van der Waals surface area contributed by atoms with E-state index in [1.807, 2.05) is 6.08 Å². The van der Waals surface area contributed by atoms with Crippen molar-refractivity contribution in [1.82, 2.24) is 5.32 Å². The van der Waals surface area contributed by atoms with Crippen molar-refractivity contribution in [3.63, 3.8) is 0 Å². The first-order chi connectivity index (χ1) is 37.2. The molecule has 0 aromatic rings. The number of unbranched alkanes of at least 4 members (excludes halogenated alkanes) is 26. The molecule has 0 spiro atoms. The molecule has 1 fully saturated rings. The van der Waals surface area contributed by atoms with E-state index in [1.54, 1.807) is 6.08 Å². The average molecular weight is 1070 g/mol. The van der Waals surface area contributed by atoms with Crippen LogP contribution in [0.3, 0.4) is 0 Å². The predicted molar refractivity (Wildman–Crippen MR) is 315 cm³/mol. The molecular formula is C65H113NO10. The van der Waals surface area contributed by atoms with Crippen LogP contribution in [0.4, 0.5) is 0 Å². The van der Waals surface area contributed by atoms with Crippen molar-refractivity contribution >= 4 is 11.9 Å². The summed E-state index contributed by atoms with van der Waals surface area (Å²) in [7, 11) is 0. The maximum Gasteiger partial charge on any atom is 0.306 e. The van der Waals surface area contributed by atoms with Gasteiger partial charge in [-0.15, -0.1) is 0 Å². The maximum absolute atomic E-state index is 13.4. The lowest BCUT2D eigenvalue weighted by molar-refractivity contribution is -0.305. The van der Waals surface area contributed by atoms with Gasteiger partial charge < -0.3 is 45.1 Å². The minimum absolute atomic E-state index is 0.104. The number of carbonyl (C=O) groups is 2. The van der Waals surface area contributed by atoms with E-state index in [9.17, 15) is 35.1 Å². The molecule has 1 aliphatic rings. The van der Waals surface area contributed by atoms with Crippen LogP contribution in [0.25, 0.3) is 0 Å². The SMILES string of the molecule is CCCCC/C=C\C/C=C\C/C=C\C/C=C\CCCCCCC(O)C(=O)NC(COC1OC(CO)C(O)C(O)C1OC(=O)CCCCCCCC/C=C/C=C/CCCCC)C(O)/C=C/CCCCCCCCCCCC. The lowest BCUT2D eigenvalue weighted by Crippen LogP contribution is -2.61.